The predicted molar refractivity (Wildman–Crippen MR) is 86.8 cm³/mol. The molecule has 1 amide bonds. The van der Waals surface area contributed by atoms with E-state index >= 15 is 0 Å². The zero-order valence-corrected chi connectivity index (χ0v) is 13.0. The van der Waals surface area contributed by atoms with Crippen LogP contribution in [0.15, 0.2) is 42.5 Å². The van der Waals surface area contributed by atoms with Crippen LogP contribution in [0.2, 0.25) is 0 Å². The normalized spacial score (nSPS) is 15.2. The minimum atomic E-state index is -0.764. The number of rotatable bonds is 3. The van der Waals surface area contributed by atoms with Gasteiger partial charge in [0.05, 0.1) is 12.3 Å². The lowest BCUT2D eigenvalue weighted by Gasteiger charge is -2.23. The van der Waals surface area contributed by atoms with E-state index in [2.05, 4.69) is 0 Å². The number of hydrogen-bond acceptors (Lipinski definition) is 3. The van der Waals surface area contributed by atoms with Crippen LogP contribution in [-0.4, -0.2) is 19.1 Å². The van der Waals surface area contributed by atoms with Gasteiger partial charge >= 0.3 is 0 Å². The molecule has 1 aliphatic heterocycles. The Labute approximate surface area is 138 Å². The number of nitrogens with zero attached hydrogens (tertiary/aromatic N) is 1. The molecule has 6 heteroatoms. The van der Waals surface area contributed by atoms with Gasteiger partial charge in [-0.1, -0.05) is 24.3 Å². The topological polar surface area (TPSA) is 55.6 Å². The number of fused-ring (bicyclic) bond motifs is 1. The smallest absolute Gasteiger partial charge is 0.229 e. The summed E-state index contributed by atoms with van der Waals surface area (Å²) in [5, 5.41) is 0. The molecule has 1 unspecified atom stereocenters. The molecule has 0 saturated heterocycles. The van der Waals surface area contributed by atoms with Crippen LogP contribution in [0.1, 0.15) is 24.4 Å². The molecule has 0 fully saturated rings. The van der Waals surface area contributed by atoms with E-state index in [-0.39, 0.29) is 23.6 Å². The van der Waals surface area contributed by atoms with E-state index < -0.39 is 17.7 Å². The molecule has 24 heavy (non-hydrogen) atoms. The van der Waals surface area contributed by atoms with Gasteiger partial charge in [-0.25, -0.2) is 8.78 Å². The van der Waals surface area contributed by atoms with Crippen LogP contribution in [0.4, 0.5) is 14.5 Å². The summed E-state index contributed by atoms with van der Waals surface area (Å²) < 4.78 is 33.2. The third kappa shape index (κ3) is 3.23. The SMILES string of the molecule is NC(CC(=O)N1CCCOc2c(F)cccc21)c1ccccc1F. The Kier molecular flexibility index (Phi) is 4.76. The third-order valence-corrected chi connectivity index (χ3v) is 4.01. The highest BCUT2D eigenvalue weighted by Crippen LogP contribution is 2.34. The molecule has 0 spiro atoms. The van der Waals surface area contributed by atoms with Crippen LogP contribution >= 0.6 is 0 Å². The summed E-state index contributed by atoms with van der Waals surface area (Å²) in [5.74, 6) is -1.17. The number of anilines is 1. The van der Waals surface area contributed by atoms with Gasteiger partial charge in [-0.05, 0) is 24.6 Å². The number of carbonyl (C=O) groups excluding carboxylic acids is 1. The van der Waals surface area contributed by atoms with E-state index in [1.165, 1.54) is 23.1 Å². The van der Waals surface area contributed by atoms with Crippen molar-refractivity contribution >= 4 is 11.6 Å². The van der Waals surface area contributed by atoms with E-state index in [1.807, 2.05) is 0 Å². The molecular formula is C18H18F2N2O2. The molecule has 1 heterocycles. The maximum atomic E-state index is 13.9. The van der Waals surface area contributed by atoms with Crippen LogP contribution < -0.4 is 15.4 Å². The number of ether oxygens (including phenoxy) is 1. The van der Waals surface area contributed by atoms with Gasteiger partial charge in [0.1, 0.15) is 5.82 Å². The highest BCUT2D eigenvalue weighted by atomic mass is 19.1. The van der Waals surface area contributed by atoms with Gasteiger partial charge in [-0.2, -0.15) is 0 Å². The quantitative estimate of drug-likeness (QED) is 0.939. The second-order valence-electron chi connectivity index (χ2n) is 5.67. The second-order valence-corrected chi connectivity index (χ2v) is 5.67. The summed E-state index contributed by atoms with van der Waals surface area (Å²) >= 11 is 0. The molecule has 4 nitrogen and oxygen atoms in total. The lowest BCUT2D eigenvalue weighted by Crippen LogP contribution is -2.34. The summed E-state index contributed by atoms with van der Waals surface area (Å²) in [6, 6.07) is 9.80. The first kappa shape index (κ1) is 16.4. The van der Waals surface area contributed by atoms with Crippen molar-refractivity contribution in [2.75, 3.05) is 18.1 Å². The molecule has 0 radical (unpaired) electrons. The lowest BCUT2D eigenvalue weighted by molar-refractivity contribution is -0.119. The summed E-state index contributed by atoms with van der Waals surface area (Å²) in [7, 11) is 0. The maximum Gasteiger partial charge on any atom is 0.229 e. The van der Waals surface area contributed by atoms with E-state index in [0.29, 0.717) is 25.3 Å². The lowest BCUT2D eigenvalue weighted by atomic mass is 10.0. The predicted octanol–water partition coefficient (Wildman–Crippen LogP) is 3.17. The first-order chi connectivity index (χ1) is 11.6. The molecule has 2 aromatic carbocycles. The summed E-state index contributed by atoms with van der Waals surface area (Å²) in [5.41, 5.74) is 6.68. The molecule has 0 bridgehead atoms. The van der Waals surface area contributed by atoms with Crippen molar-refractivity contribution in [2.45, 2.75) is 18.9 Å². The number of amides is 1. The molecule has 126 valence electrons. The van der Waals surface area contributed by atoms with Gasteiger partial charge in [0.15, 0.2) is 11.6 Å². The fourth-order valence-corrected chi connectivity index (χ4v) is 2.81. The van der Waals surface area contributed by atoms with E-state index in [0.717, 1.165) is 0 Å². The minimum Gasteiger partial charge on any atom is -0.488 e. The van der Waals surface area contributed by atoms with Crippen molar-refractivity contribution < 1.29 is 18.3 Å². The van der Waals surface area contributed by atoms with Crippen molar-refractivity contribution in [2.24, 2.45) is 5.73 Å². The Bertz CT molecular complexity index is 752. The van der Waals surface area contributed by atoms with Crippen LogP contribution in [-0.2, 0) is 4.79 Å². The van der Waals surface area contributed by atoms with E-state index in [4.69, 9.17) is 10.5 Å². The summed E-state index contributed by atoms with van der Waals surface area (Å²) in [6.45, 7) is 0.732. The summed E-state index contributed by atoms with van der Waals surface area (Å²) in [6.07, 6.45) is 0.506. The Morgan fingerprint density at radius 1 is 1.17 bits per heavy atom. The number of halogens is 2. The Balaban J connectivity index is 1.83. The van der Waals surface area contributed by atoms with Crippen molar-refractivity contribution in [1.29, 1.82) is 0 Å². The van der Waals surface area contributed by atoms with Gasteiger partial charge in [-0.15, -0.1) is 0 Å². The highest BCUT2D eigenvalue weighted by molar-refractivity contribution is 5.95. The van der Waals surface area contributed by atoms with Crippen LogP contribution in [0, 0.1) is 11.6 Å². The molecule has 2 N–H and O–H groups in total. The fraction of sp³-hybridized carbons (Fsp3) is 0.278. The van der Waals surface area contributed by atoms with Gasteiger partial charge < -0.3 is 15.4 Å². The number of nitrogens with two attached hydrogens (primary N) is 1. The molecule has 1 aliphatic rings. The molecule has 0 aromatic heterocycles. The Morgan fingerprint density at radius 2 is 1.92 bits per heavy atom. The average Bonchev–Trinajstić information content (AvgIpc) is 2.78. The maximum absolute atomic E-state index is 13.9. The monoisotopic (exact) mass is 332 g/mol. The van der Waals surface area contributed by atoms with E-state index in [9.17, 15) is 13.6 Å². The number of para-hydroxylation sites is 1. The van der Waals surface area contributed by atoms with Crippen molar-refractivity contribution in [1.82, 2.24) is 0 Å². The molecule has 1 atom stereocenters. The van der Waals surface area contributed by atoms with Crippen molar-refractivity contribution in [3.63, 3.8) is 0 Å². The third-order valence-electron chi connectivity index (χ3n) is 4.01. The molecule has 2 aromatic rings. The molecule has 0 aliphatic carbocycles. The first-order valence-electron chi connectivity index (χ1n) is 7.79. The minimum absolute atomic E-state index is 0.0720. The van der Waals surface area contributed by atoms with Gasteiger partial charge in [0.25, 0.3) is 0 Å². The van der Waals surface area contributed by atoms with Crippen LogP contribution in [0.5, 0.6) is 5.75 Å². The van der Waals surface area contributed by atoms with Gasteiger partial charge in [0, 0.05) is 24.6 Å². The first-order valence-corrected chi connectivity index (χ1v) is 7.79. The zero-order valence-electron chi connectivity index (χ0n) is 13.0. The number of carbonyl (C=O) groups is 1. The van der Waals surface area contributed by atoms with E-state index in [1.54, 1.807) is 24.3 Å². The molecule has 0 saturated carbocycles. The summed E-state index contributed by atoms with van der Waals surface area (Å²) in [4.78, 5) is 14.1. The molecular weight excluding hydrogens is 314 g/mol. The van der Waals surface area contributed by atoms with Crippen molar-refractivity contribution in [3.8, 4) is 5.75 Å². The van der Waals surface area contributed by atoms with Crippen LogP contribution in [0.3, 0.4) is 0 Å². The second kappa shape index (κ2) is 6.97. The highest BCUT2D eigenvalue weighted by Gasteiger charge is 2.26. The standard InChI is InChI=1S/C18H18F2N2O2/c19-13-6-2-1-5-12(13)15(21)11-17(23)22-9-4-10-24-18-14(20)7-3-8-16(18)22/h1-3,5-8,15H,4,9-11,21H2. The largest absolute Gasteiger partial charge is 0.488 e. The Hall–Kier alpha value is -2.47. The van der Waals surface area contributed by atoms with Crippen LogP contribution in [0.25, 0.3) is 0 Å². The number of hydrogen-bond donors (Lipinski definition) is 1. The zero-order chi connectivity index (χ0) is 17.1. The van der Waals surface area contributed by atoms with Crippen molar-refractivity contribution in [3.05, 3.63) is 59.7 Å². The fourth-order valence-electron chi connectivity index (χ4n) is 2.81. The number of benzene rings is 2. The van der Waals surface area contributed by atoms with Gasteiger partial charge in [-0.3, -0.25) is 4.79 Å². The Morgan fingerprint density at radius 3 is 2.71 bits per heavy atom. The molecule has 3 rings (SSSR count). The van der Waals surface area contributed by atoms with Gasteiger partial charge in [0.2, 0.25) is 5.91 Å². The average molecular weight is 332 g/mol.